The highest BCUT2D eigenvalue weighted by atomic mass is 31.2. The quantitative estimate of drug-likeness (QED) is 0.119. The molecular formula is C26H32N7O8P. The summed E-state index contributed by atoms with van der Waals surface area (Å²) in [6, 6.07) is 5.15. The van der Waals surface area contributed by atoms with E-state index in [4.69, 9.17) is 19.6 Å². The van der Waals surface area contributed by atoms with Crippen molar-refractivity contribution in [1.82, 2.24) is 19.5 Å². The maximum atomic E-state index is 12.7. The predicted octanol–water partition coefficient (Wildman–Crippen LogP) is 3.00. The summed E-state index contributed by atoms with van der Waals surface area (Å²) in [7, 11) is -2.16. The van der Waals surface area contributed by atoms with E-state index in [0.29, 0.717) is 40.7 Å². The minimum atomic E-state index is -4.75. The lowest BCUT2D eigenvalue weighted by atomic mass is 10.1. The number of hydroxylamine groups is 1. The fraction of sp³-hybridized carbons (Fsp3) is 0.423. The average Bonchev–Trinajstić information content (AvgIpc) is 3.48. The molecule has 0 amide bonds. The van der Waals surface area contributed by atoms with Gasteiger partial charge in [0, 0.05) is 12.0 Å². The van der Waals surface area contributed by atoms with Gasteiger partial charge in [0.1, 0.15) is 0 Å². The van der Waals surface area contributed by atoms with Crippen molar-refractivity contribution >= 4 is 48.4 Å². The molecule has 2 aliphatic rings. The summed E-state index contributed by atoms with van der Waals surface area (Å²) in [5.74, 6) is -1.07. The van der Waals surface area contributed by atoms with Crippen molar-refractivity contribution in [3.05, 3.63) is 48.3 Å². The number of phosphoric acid groups is 1. The molecule has 5 rings (SSSR count). The second-order valence-corrected chi connectivity index (χ2v) is 11.4. The number of nitrogen functional groups attached to an aromatic ring is 1. The van der Waals surface area contributed by atoms with Gasteiger partial charge in [-0.05, 0) is 50.5 Å². The van der Waals surface area contributed by atoms with E-state index in [1.807, 2.05) is 16.7 Å². The summed E-state index contributed by atoms with van der Waals surface area (Å²) < 4.78 is 29.2. The van der Waals surface area contributed by atoms with Crippen LogP contribution in [0.15, 0.2) is 42.7 Å². The van der Waals surface area contributed by atoms with Crippen LogP contribution in [0.1, 0.15) is 42.6 Å². The fourth-order valence-corrected chi connectivity index (χ4v) is 5.44. The molecule has 1 saturated carbocycles. The molecule has 2 aromatic heterocycles. The van der Waals surface area contributed by atoms with Gasteiger partial charge in [0.15, 0.2) is 23.0 Å². The van der Waals surface area contributed by atoms with Gasteiger partial charge in [-0.15, -0.1) is 0 Å². The largest absolute Gasteiger partial charge is 0.529 e. The molecule has 224 valence electrons. The number of aromatic nitrogens is 4. The molecule has 0 radical (unpaired) electrons. The Morgan fingerprint density at radius 2 is 1.95 bits per heavy atom. The molecule has 0 saturated heterocycles. The van der Waals surface area contributed by atoms with E-state index < -0.39 is 25.8 Å². The molecule has 15 nitrogen and oxygen atoms in total. The summed E-state index contributed by atoms with van der Waals surface area (Å²) in [5.41, 5.74) is 7.85. The molecule has 2 aliphatic carbocycles. The number of hydrogen-bond acceptors (Lipinski definition) is 13. The zero-order valence-electron chi connectivity index (χ0n) is 23.2. The van der Waals surface area contributed by atoms with Crippen LogP contribution in [0.4, 0.5) is 17.5 Å². The van der Waals surface area contributed by atoms with E-state index >= 15 is 0 Å². The Bertz CT molecular complexity index is 1540. The molecule has 2 heterocycles. The monoisotopic (exact) mass is 601 g/mol. The summed E-state index contributed by atoms with van der Waals surface area (Å²) in [6.45, 7) is 1.27. The number of nitrogens with zero attached hydrogens (tertiary/aromatic N) is 5. The lowest BCUT2D eigenvalue weighted by Crippen LogP contribution is -2.39. The smallest absolute Gasteiger partial charge is 0.465 e. The Balaban J connectivity index is 1.16. The predicted molar refractivity (Wildman–Crippen MR) is 151 cm³/mol. The SMILES string of the molecule is COC(=O)c1ccc(N(OC)[C@@H](C)C(=O)OP(=O)(O)OC[C@@H]2C=C[C@H](n3cnc4c(NC5CC5)nc(N)nc43)C2)cc1. The van der Waals surface area contributed by atoms with Gasteiger partial charge in [-0.2, -0.15) is 9.97 Å². The van der Waals surface area contributed by atoms with Crippen LogP contribution in [-0.4, -0.2) is 69.3 Å². The van der Waals surface area contributed by atoms with Crippen LogP contribution in [0.5, 0.6) is 0 Å². The van der Waals surface area contributed by atoms with Crippen molar-refractivity contribution in [1.29, 1.82) is 0 Å². The Morgan fingerprint density at radius 1 is 1.21 bits per heavy atom. The first-order valence-corrected chi connectivity index (χ1v) is 14.8. The summed E-state index contributed by atoms with van der Waals surface area (Å²) in [4.78, 5) is 53.1. The Morgan fingerprint density at radius 3 is 2.62 bits per heavy atom. The summed E-state index contributed by atoms with van der Waals surface area (Å²) in [6.07, 6.45) is 8.13. The van der Waals surface area contributed by atoms with Gasteiger partial charge in [-0.3, -0.25) is 14.3 Å². The zero-order chi connectivity index (χ0) is 30.0. The Kier molecular flexibility index (Phi) is 8.45. The zero-order valence-corrected chi connectivity index (χ0v) is 24.1. The topological polar surface area (TPSA) is 193 Å². The van der Waals surface area contributed by atoms with Crippen LogP contribution in [-0.2, 0) is 28.0 Å². The maximum absolute atomic E-state index is 12.7. The number of carbonyl (C=O) groups excluding carboxylic acids is 2. The van der Waals surface area contributed by atoms with E-state index in [-0.39, 0.29) is 24.5 Å². The minimum absolute atomic E-state index is 0.136. The maximum Gasteiger partial charge on any atom is 0.529 e. The first-order chi connectivity index (χ1) is 20.1. The average molecular weight is 602 g/mol. The van der Waals surface area contributed by atoms with Crippen LogP contribution in [0, 0.1) is 5.92 Å². The van der Waals surface area contributed by atoms with Gasteiger partial charge in [-0.25, -0.2) is 24.2 Å². The van der Waals surface area contributed by atoms with E-state index in [9.17, 15) is 19.0 Å². The van der Waals surface area contributed by atoms with Crippen LogP contribution < -0.4 is 16.1 Å². The van der Waals surface area contributed by atoms with Crippen molar-refractivity contribution in [3.63, 3.8) is 0 Å². The number of ether oxygens (including phenoxy) is 1. The van der Waals surface area contributed by atoms with Crippen LogP contribution in [0.25, 0.3) is 11.2 Å². The van der Waals surface area contributed by atoms with Gasteiger partial charge in [0.05, 0.1) is 44.4 Å². The van der Waals surface area contributed by atoms with Crippen molar-refractivity contribution in [2.75, 3.05) is 36.9 Å². The summed E-state index contributed by atoms with van der Waals surface area (Å²) in [5, 5.41) is 4.50. The van der Waals surface area contributed by atoms with E-state index in [1.165, 1.54) is 50.5 Å². The van der Waals surface area contributed by atoms with Crippen LogP contribution in [0.2, 0.25) is 0 Å². The molecule has 3 aromatic rings. The number of imidazole rings is 1. The number of fused-ring (bicyclic) bond motifs is 1. The van der Waals surface area contributed by atoms with Gasteiger partial charge in [0.25, 0.3) is 0 Å². The molecule has 4 atom stereocenters. The third kappa shape index (κ3) is 6.54. The van der Waals surface area contributed by atoms with Crippen molar-refractivity contribution in [2.24, 2.45) is 5.92 Å². The second kappa shape index (κ2) is 12.1. The number of allylic oxidation sites excluding steroid dienone is 1. The number of hydrogen-bond donors (Lipinski definition) is 3. The number of methoxy groups -OCH3 is 1. The molecule has 0 spiro atoms. The number of nitrogens with one attached hydrogen (secondary N) is 1. The number of benzene rings is 1. The van der Waals surface area contributed by atoms with E-state index in [0.717, 1.165) is 12.8 Å². The molecule has 0 bridgehead atoms. The fourth-order valence-electron chi connectivity index (χ4n) is 4.63. The van der Waals surface area contributed by atoms with Gasteiger partial charge < -0.3 is 24.9 Å². The molecule has 4 N–H and O–H groups in total. The van der Waals surface area contributed by atoms with E-state index in [1.54, 1.807) is 6.33 Å². The molecule has 16 heteroatoms. The molecule has 1 aromatic carbocycles. The first kappa shape index (κ1) is 29.5. The minimum Gasteiger partial charge on any atom is -0.465 e. The standard InChI is InChI=1S/C26H32N7O8P/c1-15(33(39-3)19-10-5-17(6-11-19)25(35)38-2)24(34)41-42(36,37)40-13-16-4-9-20(12-16)32-14-28-21-22(29-18-7-8-18)30-26(27)31-23(21)32/h4-6,9-11,14-16,18,20H,7-8,12-13H2,1-3H3,(H,36,37)(H3,27,29,30,31)/t15-,16+,20-/m0/s1. The van der Waals surface area contributed by atoms with Crippen molar-refractivity contribution in [2.45, 2.75) is 44.3 Å². The highest BCUT2D eigenvalue weighted by Crippen LogP contribution is 2.45. The number of rotatable bonds is 12. The Hall–Kier alpha value is -4.04. The number of phosphoric ester groups is 1. The third-order valence-corrected chi connectivity index (χ3v) is 7.84. The molecule has 1 unspecified atom stereocenters. The lowest BCUT2D eigenvalue weighted by Gasteiger charge is -2.27. The number of nitrogens with two attached hydrogens (primary N) is 1. The normalized spacial score (nSPS) is 20.2. The molecule has 0 aliphatic heterocycles. The number of anilines is 3. The first-order valence-electron chi connectivity index (χ1n) is 13.3. The molecule has 1 fully saturated rings. The van der Waals surface area contributed by atoms with Gasteiger partial charge >= 0.3 is 19.8 Å². The molecular weight excluding hydrogens is 569 g/mol. The highest BCUT2D eigenvalue weighted by Gasteiger charge is 2.34. The number of carbonyl (C=O) groups is 2. The third-order valence-electron chi connectivity index (χ3n) is 6.95. The van der Waals surface area contributed by atoms with Crippen LogP contribution >= 0.6 is 7.82 Å². The van der Waals surface area contributed by atoms with E-state index in [2.05, 4.69) is 25.0 Å². The second-order valence-electron chi connectivity index (χ2n) is 10.0. The molecule has 42 heavy (non-hydrogen) atoms. The summed E-state index contributed by atoms with van der Waals surface area (Å²) >= 11 is 0. The van der Waals surface area contributed by atoms with Crippen molar-refractivity contribution < 1.29 is 37.7 Å². The number of esters is 1. The lowest BCUT2D eigenvalue weighted by molar-refractivity contribution is -0.139. The van der Waals surface area contributed by atoms with Gasteiger partial charge in [-0.1, -0.05) is 12.2 Å². The Labute approximate surface area is 241 Å². The highest BCUT2D eigenvalue weighted by molar-refractivity contribution is 7.48. The van der Waals surface area contributed by atoms with Gasteiger partial charge in [0.2, 0.25) is 5.95 Å². The van der Waals surface area contributed by atoms with Crippen molar-refractivity contribution in [3.8, 4) is 0 Å². The van der Waals surface area contributed by atoms with Crippen LogP contribution in [0.3, 0.4) is 0 Å².